The van der Waals surface area contributed by atoms with Crippen molar-refractivity contribution in [3.63, 3.8) is 0 Å². The van der Waals surface area contributed by atoms with Crippen molar-refractivity contribution in [1.82, 2.24) is 4.98 Å². The minimum absolute atomic E-state index is 0.00509. The molecular formula is C25H21F2NO4. The fourth-order valence-electron chi connectivity index (χ4n) is 4.31. The molecule has 1 saturated carbocycles. The monoisotopic (exact) mass is 437 g/mol. The molecule has 0 radical (unpaired) electrons. The summed E-state index contributed by atoms with van der Waals surface area (Å²) in [7, 11) is 0. The number of ketones is 2. The molecule has 0 N–H and O–H groups in total. The van der Waals surface area contributed by atoms with Crippen molar-refractivity contribution in [1.29, 1.82) is 0 Å². The highest BCUT2D eigenvalue weighted by Gasteiger charge is 2.52. The van der Waals surface area contributed by atoms with Gasteiger partial charge in [-0.05, 0) is 62.1 Å². The maximum Gasteiger partial charge on any atom is 0.586 e. The van der Waals surface area contributed by atoms with Crippen molar-refractivity contribution < 1.29 is 27.8 Å². The van der Waals surface area contributed by atoms with Crippen molar-refractivity contribution in [3.8, 4) is 11.5 Å². The normalized spacial score (nSPS) is 19.9. The SMILES string of the molecule is CC1=CCC(=O)C(c2nc(CC(=O)C3(c4ccc5c(c4)OC(F)(F)O5)CC3)ccc2C)=C1. The van der Waals surface area contributed by atoms with Crippen LogP contribution in [0.15, 0.2) is 48.1 Å². The molecule has 2 heterocycles. The second kappa shape index (κ2) is 7.08. The quantitative estimate of drug-likeness (QED) is 0.669. The zero-order chi connectivity index (χ0) is 22.7. The molecule has 2 aromatic rings. The molecule has 1 aromatic carbocycles. The second-order valence-corrected chi connectivity index (χ2v) is 8.61. The topological polar surface area (TPSA) is 65.5 Å². The maximum absolute atomic E-state index is 13.4. The lowest BCUT2D eigenvalue weighted by Gasteiger charge is -2.16. The number of carbonyl (C=O) groups excluding carboxylic acids is 2. The Labute approximate surface area is 183 Å². The van der Waals surface area contributed by atoms with Crippen LogP contribution in [0.2, 0.25) is 0 Å². The van der Waals surface area contributed by atoms with Gasteiger partial charge in [0.25, 0.3) is 0 Å². The molecule has 164 valence electrons. The molecule has 1 aliphatic heterocycles. The lowest BCUT2D eigenvalue weighted by molar-refractivity contribution is -0.286. The minimum Gasteiger partial charge on any atom is -0.395 e. The van der Waals surface area contributed by atoms with Gasteiger partial charge in [-0.15, -0.1) is 8.78 Å². The van der Waals surface area contributed by atoms with Crippen LogP contribution < -0.4 is 9.47 Å². The lowest BCUT2D eigenvalue weighted by Crippen LogP contribution is -2.26. The number of benzene rings is 1. The number of aromatic nitrogens is 1. The molecule has 5 rings (SSSR count). The maximum atomic E-state index is 13.4. The number of ether oxygens (including phenoxy) is 2. The Morgan fingerprint density at radius 2 is 1.84 bits per heavy atom. The van der Waals surface area contributed by atoms with Crippen molar-refractivity contribution in [2.75, 3.05) is 0 Å². The summed E-state index contributed by atoms with van der Waals surface area (Å²) in [5.41, 5.74) is 3.52. The first-order valence-corrected chi connectivity index (χ1v) is 10.5. The van der Waals surface area contributed by atoms with Gasteiger partial charge in [-0.2, -0.15) is 0 Å². The lowest BCUT2D eigenvalue weighted by atomic mass is 9.88. The third kappa shape index (κ3) is 3.51. The van der Waals surface area contributed by atoms with Crippen LogP contribution in [-0.4, -0.2) is 22.8 Å². The first-order chi connectivity index (χ1) is 15.2. The largest absolute Gasteiger partial charge is 0.586 e. The minimum atomic E-state index is -3.69. The van der Waals surface area contributed by atoms with E-state index in [0.717, 1.165) is 11.1 Å². The van der Waals surface area contributed by atoms with Crippen molar-refractivity contribution in [3.05, 3.63) is 70.6 Å². The first-order valence-electron chi connectivity index (χ1n) is 10.5. The number of Topliss-reactive ketones (excluding diaryl/α,β-unsaturated/α-hetero) is 2. The highest BCUT2D eigenvalue weighted by molar-refractivity contribution is 6.22. The van der Waals surface area contributed by atoms with Gasteiger partial charge in [0.15, 0.2) is 17.3 Å². The Balaban J connectivity index is 1.40. The zero-order valence-corrected chi connectivity index (χ0v) is 17.7. The van der Waals surface area contributed by atoms with E-state index in [2.05, 4.69) is 14.5 Å². The molecule has 0 bridgehead atoms. The summed E-state index contributed by atoms with van der Waals surface area (Å²) in [6, 6.07) is 8.19. The van der Waals surface area contributed by atoms with E-state index in [1.165, 1.54) is 12.1 Å². The number of fused-ring (bicyclic) bond motifs is 1. The van der Waals surface area contributed by atoms with Gasteiger partial charge < -0.3 is 9.47 Å². The average Bonchev–Trinajstić information content (AvgIpc) is 3.48. The predicted molar refractivity (Wildman–Crippen MR) is 113 cm³/mol. The van der Waals surface area contributed by atoms with Crippen molar-refractivity contribution in [2.45, 2.75) is 51.2 Å². The Bertz CT molecular complexity index is 1220. The van der Waals surface area contributed by atoms with Gasteiger partial charge in [-0.1, -0.05) is 23.8 Å². The molecule has 0 spiro atoms. The van der Waals surface area contributed by atoms with Gasteiger partial charge in [0, 0.05) is 24.1 Å². The Morgan fingerprint density at radius 3 is 2.59 bits per heavy atom. The van der Waals surface area contributed by atoms with E-state index >= 15 is 0 Å². The standard InChI is InChI=1S/C25H21F2NO4/c1-14-3-7-19(29)18(11-14)23-15(2)4-6-17(28-23)13-22(30)24(9-10-24)16-5-8-20-21(12-16)32-25(26,27)31-20/h3-6,8,11-12H,7,9-10,13H2,1-2H3. The highest BCUT2D eigenvalue weighted by Crippen LogP contribution is 2.52. The fourth-order valence-corrected chi connectivity index (χ4v) is 4.31. The van der Waals surface area contributed by atoms with E-state index in [-0.39, 0.29) is 29.5 Å². The van der Waals surface area contributed by atoms with Gasteiger partial charge in [0.2, 0.25) is 0 Å². The number of rotatable bonds is 5. The molecule has 0 amide bonds. The number of aryl methyl sites for hydroxylation is 1. The van der Waals surface area contributed by atoms with Crippen molar-refractivity contribution >= 4 is 17.1 Å². The Morgan fingerprint density at radius 1 is 1.09 bits per heavy atom. The molecule has 3 aliphatic rings. The summed E-state index contributed by atoms with van der Waals surface area (Å²) in [6.45, 7) is 3.83. The van der Waals surface area contributed by atoms with Crippen LogP contribution in [0.1, 0.15) is 48.7 Å². The zero-order valence-electron chi connectivity index (χ0n) is 17.7. The number of hydrogen-bond donors (Lipinski definition) is 0. The molecule has 32 heavy (non-hydrogen) atoms. The number of nitrogens with zero attached hydrogens (tertiary/aromatic N) is 1. The summed E-state index contributed by atoms with van der Waals surface area (Å²) in [5.74, 6) is -0.133. The van der Waals surface area contributed by atoms with E-state index in [1.54, 1.807) is 12.1 Å². The molecule has 1 fully saturated rings. The Kier molecular flexibility index (Phi) is 4.55. The third-order valence-corrected chi connectivity index (χ3v) is 6.27. The smallest absolute Gasteiger partial charge is 0.395 e. The van der Waals surface area contributed by atoms with Crippen molar-refractivity contribution in [2.24, 2.45) is 0 Å². The van der Waals surface area contributed by atoms with E-state index in [9.17, 15) is 18.4 Å². The first kappa shape index (κ1) is 20.5. The van der Waals surface area contributed by atoms with Gasteiger partial charge in [0.1, 0.15) is 5.78 Å². The number of carbonyl (C=O) groups is 2. The van der Waals surface area contributed by atoms with E-state index in [1.807, 2.05) is 32.1 Å². The van der Waals surface area contributed by atoms with E-state index < -0.39 is 11.7 Å². The molecule has 1 aromatic heterocycles. The molecular weight excluding hydrogens is 416 g/mol. The number of halogens is 2. The van der Waals surface area contributed by atoms with E-state index in [0.29, 0.717) is 41.8 Å². The number of allylic oxidation sites excluding steroid dienone is 4. The second-order valence-electron chi connectivity index (χ2n) is 8.61. The number of hydrogen-bond acceptors (Lipinski definition) is 5. The summed E-state index contributed by atoms with van der Waals surface area (Å²) in [5, 5.41) is 0. The molecule has 0 atom stereocenters. The van der Waals surface area contributed by atoms with Crippen LogP contribution in [0.25, 0.3) is 5.57 Å². The summed E-state index contributed by atoms with van der Waals surface area (Å²) >= 11 is 0. The van der Waals surface area contributed by atoms with Gasteiger partial charge in [-0.25, -0.2) is 0 Å². The summed E-state index contributed by atoms with van der Waals surface area (Å²) in [4.78, 5) is 30.3. The van der Waals surface area contributed by atoms with Gasteiger partial charge in [-0.3, -0.25) is 14.6 Å². The van der Waals surface area contributed by atoms with Gasteiger partial charge in [0.05, 0.1) is 11.1 Å². The highest BCUT2D eigenvalue weighted by atomic mass is 19.3. The van der Waals surface area contributed by atoms with E-state index in [4.69, 9.17) is 0 Å². The molecule has 7 heteroatoms. The average molecular weight is 437 g/mol. The van der Waals surface area contributed by atoms with Crippen LogP contribution >= 0.6 is 0 Å². The van der Waals surface area contributed by atoms with Crippen LogP contribution in [-0.2, 0) is 21.4 Å². The fraction of sp³-hybridized carbons (Fsp3) is 0.320. The Hall–Kier alpha value is -3.35. The number of pyridine rings is 1. The molecule has 5 nitrogen and oxygen atoms in total. The predicted octanol–water partition coefficient (Wildman–Crippen LogP) is 4.86. The van der Waals surface area contributed by atoms with Crippen LogP contribution in [0.4, 0.5) is 8.78 Å². The van der Waals surface area contributed by atoms with Gasteiger partial charge >= 0.3 is 6.29 Å². The third-order valence-electron chi connectivity index (χ3n) is 6.27. The molecule has 0 saturated heterocycles. The number of alkyl halides is 2. The summed E-state index contributed by atoms with van der Waals surface area (Å²) < 4.78 is 35.7. The van der Waals surface area contributed by atoms with Crippen LogP contribution in [0, 0.1) is 6.92 Å². The molecule has 2 aliphatic carbocycles. The van der Waals surface area contributed by atoms with Crippen LogP contribution in [0.3, 0.4) is 0 Å². The molecule has 0 unspecified atom stereocenters. The summed E-state index contributed by atoms with van der Waals surface area (Å²) in [6.07, 6.45) is 1.72. The van der Waals surface area contributed by atoms with Crippen LogP contribution in [0.5, 0.6) is 11.5 Å².